The second-order valence-corrected chi connectivity index (χ2v) is 9.65. The Kier molecular flexibility index (Phi) is 4.36. The minimum atomic E-state index is -0.462. The van der Waals surface area contributed by atoms with Crippen LogP contribution in [0, 0.1) is 28.1 Å². The molecule has 0 aliphatic heterocycles. The number of Topliss-reactive ketones (excluding diaryl/α,β-unsaturated/α-hetero) is 1. The number of aliphatic hydroxyl groups excluding tert-OH is 2. The van der Waals surface area contributed by atoms with E-state index in [9.17, 15) is 15.0 Å². The van der Waals surface area contributed by atoms with Crippen LogP contribution in [0.2, 0.25) is 0 Å². The zero-order valence-corrected chi connectivity index (χ0v) is 16.1. The molecule has 0 spiro atoms. The quantitative estimate of drug-likeness (QED) is 0.711. The van der Waals surface area contributed by atoms with Gasteiger partial charge in [-0.3, -0.25) is 4.79 Å². The van der Waals surface area contributed by atoms with Gasteiger partial charge in [-0.2, -0.15) is 0 Å². The van der Waals surface area contributed by atoms with Gasteiger partial charge in [-0.05, 0) is 72.7 Å². The first-order valence-corrected chi connectivity index (χ1v) is 9.79. The van der Waals surface area contributed by atoms with Gasteiger partial charge in [0.05, 0.1) is 6.10 Å². The average molecular weight is 355 g/mol. The molecule has 0 bridgehead atoms. The molecule has 0 heterocycles. The number of hydrogen-bond donors (Lipinski definition) is 2. The smallest absolute Gasteiger partial charge is 0.197 e. The van der Waals surface area contributed by atoms with Crippen LogP contribution in [-0.4, -0.2) is 28.0 Å². The lowest BCUT2D eigenvalue weighted by molar-refractivity contribution is -0.141. The molecule has 2 saturated carbocycles. The summed E-state index contributed by atoms with van der Waals surface area (Å²) in [6.07, 6.45) is 5.04. The highest BCUT2D eigenvalue weighted by atomic mass is 35.5. The van der Waals surface area contributed by atoms with E-state index in [0.717, 1.165) is 37.7 Å². The summed E-state index contributed by atoms with van der Waals surface area (Å²) in [4.78, 5) is 12.3. The van der Waals surface area contributed by atoms with E-state index in [4.69, 9.17) is 11.6 Å². The van der Waals surface area contributed by atoms with Crippen LogP contribution in [0.5, 0.6) is 0 Å². The molecule has 4 heteroatoms. The molecular formula is C20H31ClO3. The van der Waals surface area contributed by atoms with Gasteiger partial charge < -0.3 is 10.2 Å². The highest BCUT2D eigenvalue weighted by molar-refractivity contribution is 6.18. The number of ketones is 1. The Hall–Kier alpha value is -0.540. The van der Waals surface area contributed by atoms with E-state index >= 15 is 0 Å². The Labute approximate surface area is 150 Å². The summed E-state index contributed by atoms with van der Waals surface area (Å²) >= 11 is 5.94. The molecule has 1 unspecified atom stereocenters. The van der Waals surface area contributed by atoms with E-state index in [1.54, 1.807) is 0 Å². The van der Waals surface area contributed by atoms with Crippen LogP contribution in [0.15, 0.2) is 11.3 Å². The number of alkyl halides is 1. The van der Waals surface area contributed by atoms with E-state index in [1.165, 1.54) is 0 Å². The topological polar surface area (TPSA) is 57.5 Å². The van der Waals surface area contributed by atoms with Crippen molar-refractivity contribution in [3.05, 3.63) is 11.3 Å². The summed E-state index contributed by atoms with van der Waals surface area (Å²) in [6.45, 7) is 8.68. The molecule has 136 valence electrons. The lowest BCUT2D eigenvalue weighted by Crippen LogP contribution is -2.56. The average Bonchev–Trinajstić information content (AvgIpc) is 2.56. The fourth-order valence-corrected chi connectivity index (χ4v) is 6.45. The maximum atomic E-state index is 12.3. The van der Waals surface area contributed by atoms with Crippen LogP contribution >= 0.6 is 11.6 Å². The Morgan fingerprint density at radius 3 is 2.54 bits per heavy atom. The minimum Gasteiger partial charge on any atom is -0.504 e. The van der Waals surface area contributed by atoms with Crippen LogP contribution < -0.4 is 0 Å². The molecule has 0 aromatic heterocycles. The highest BCUT2D eigenvalue weighted by Crippen LogP contribution is 2.66. The number of carbonyl (C=O) groups is 1. The zero-order valence-electron chi connectivity index (χ0n) is 15.4. The summed E-state index contributed by atoms with van der Waals surface area (Å²) < 4.78 is 0. The number of carbonyl (C=O) groups excluding carboxylic acids is 1. The second-order valence-electron chi connectivity index (χ2n) is 9.34. The Balaban J connectivity index is 1.95. The fraction of sp³-hybridized carbons (Fsp3) is 0.850. The number of fused-ring (bicyclic) bond motifs is 3. The molecule has 3 aliphatic carbocycles. The Morgan fingerprint density at radius 1 is 1.25 bits per heavy atom. The first-order valence-electron chi connectivity index (χ1n) is 9.26. The zero-order chi connectivity index (χ0) is 17.9. The van der Waals surface area contributed by atoms with Crippen molar-refractivity contribution in [3.63, 3.8) is 0 Å². The normalized spacial score (nSPS) is 47.2. The highest BCUT2D eigenvalue weighted by Gasteiger charge is 2.60. The number of halogens is 1. The number of aliphatic hydroxyl groups is 2. The van der Waals surface area contributed by atoms with Crippen molar-refractivity contribution < 1.29 is 15.0 Å². The van der Waals surface area contributed by atoms with Crippen LogP contribution in [0.4, 0.5) is 0 Å². The van der Waals surface area contributed by atoms with E-state index < -0.39 is 6.10 Å². The van der Waals surface area contributed by atoms with Crippen molar-refractivity contribution in [1.29, 1.82) is 0 Å². The molecule has 0 saturated heterocycles. The molecule has 2 fully saturated rings. The summed E-state index contributed by atoms with van der Waals surface area (Å²) in [6, 6.07) is 0. The van der Waals surface area contributed by atoms with E-state index in [2.05, 4.69) is 20.8 Å². The summed E-state index contributed by atoms with van der Waals surface area (Å²) in [5.41, 5.74) is 0.779. The summed E-state index contributed by atoms with van der Waals surface area (Å²) in [5, 5.41) is 20.6. The molecule has 3 nitrogen and oxygen atoms in total. The van der Waals surface area contributed by atoms with Gasteiger partial charge in [0.15, 0.2) is 11.5 Å². The largest absolute Gasteiger partial charge is 0.504 e. The monoisotopic (exact) mass is 354 g/mol. The number of rotatable bonds is 2. The third-order valence-corrected chi connectivity index (χ3v) is 8.57. The molecule has 0 radical (unpaired) electrons. The molecule has 3 aliphatic rings. The summed E-state index contributed by atoms with van der Waals surface area (Å²) in [5.74, 6) is 0.993. The maximum Gasteiger partial charge on any atom is 0.197 e. The van der Waals surface area contributed by atoms with Crippen LogP contribution in [-0.2, 0) is 4.79 Å². The van der Waals surface area contributed by atoms with Gasteiger partial charge >= 0.3 is 0 Å². The third kappa shape index (κ3) is 2.38. The van der Waals surface area contributed by atoms with E-state index in [-0.39, 0.29) is 39.6 Å². The molecule has 6 atom stereocenters. The van der Waals surface area contributed by atoms with Crippen LogP contribution in [0.25, 0.3) is 0 Å². The van der Waals surface area contributed by atoms with Crippen molar-refractivity contribution in [1.82, 2.24) is 0 Å². The molecule has 2 N–H and O–H groups in total. The SMILES string of the molecule is CC1=C(O)C(=O)C[C@@H]2[C@@]3(C)CC[C@](C)(C(O)CCl)C[C@@H]3CC[C@]12C. The van der Waals surface area contributed by atoms with Gasteiger partial charge in [-0.25, -0.2) is 0 Å². The third-order valence-electron chi connectivity index (χ3n) is 8.27. The molecule has 0 amide bonds. The van der Waals surface area contributed by atoms with Gasteiger partial charge in [0, 0.05) is 12.3 Å². The first-order chi connectivity index (χ1) is 11.1. The van der Waals surface area contributed by atoms with Crippen molar-refractivity contribution in [2.24, 2.45) is 28.1 Å². The Morgan fingerprint density at radius 2 is 1.92 bits per heavy atom. The van der Waals surface area contributed by atoms with Gasteiger partial charge in [-0.15, -0.1) is 11.6 Å². The lowest BCUT2D eigenvalue weighted by Gasteiger charge is -2.62. The predicted octanol–water partition coefficient (Wildman–Crippen LogP) is 4.62. The number of allylic oxidation sites excluding steroid dienone is 2. The number of hydrogen-bond acceptors (Lipinski definition) is 3. The van der Waals surface area contributed by atoms with E-state index in [1.807, 2.05) is 6.92 Å². The second kappa shape index (κ2) is 5.74. The van der Waals surface area contributed by atoms with Gasteiger partial charge in [0.2, 0.25) is 0 Å². The van der Waals surface area contributed by atoms with Crippen molar-refractivity contribution >= 4 is 17.4 Å². The van der Waals surface area contributed by atoms with Crippen molar-refractivity contribution in [2.75, 3.05) is 5.88 Å². The molecule has 3 rings (SSSR count). The predicted molar refractivity (Wildman–Crippen MR) is 96.1 cm³/mol. The molecule has 0 aromatic rings. The molecule has 24 heavy (non-hydrogen) atoms. The molecule has 0 aromatic carbocycles. The Bertz CT molecular complexity index is 585. The first kappa shape index (κ1) is 18.3. The van der Waals surface area contributed by atoms with Crippen LogP contribution in [0.1, 0.15) is 66.2 Å². The lowest BCUT2D eigenvalue weighted by atomic mass is 9.42. The van der Waals surface area contributed by atoms with Gasteiger partial charge in [-0.1, -0.05) is 20.8 Å². The standard InChI is InChI=1S/C20H31ClO3/c1-12-17(24)14(22)9-15-19(12,3)6-5-13-10-18(2,16(23)11-21)7-8-20(13,15)4/h13,15-16,23-24H,5-11H2,1-4H3/t13-,15-,16?,18-,19+,20-/m0/s1. The maximum absolute atomic E-state index is 12.3. The van der Waals surface area contributed by atoms with Gasteiger partial charge in [0.1, 0.15) is 0 Å². The summed E-state index contributed by atoms with van der Waals surface area (Å²) in [7, 11) is 0. The fourth-order valence-electron chi connectivity index (χ4n) is 6.08. The van der Waals surface area contributed by atoms with Crippen molar-refractivity contribution in [2.45, 2.75) is 72.3 Å². The van der Waals surface area contributed by atoms with E-state index in [0.29, 0.717) is 12.3 Å². The molecular weight excluding hydrogens is 324 g/mol. The van der Waals surface area contributed by atoms with Crippen molar-refractivity contribution in [3.8, 4) is 0 Å². The minimum absolute atomic E-state index is 0.00834. The van der Waals surface area contributed by atoms with Gasteiger partial charge in [0.25, 0.3) is 0 Å². The van der Waals surface area contributed by atoms with Crippen LogP contribution in [0.3, 0.4) is 0 Å².